The van der Waals surface area contributed by atoms with Crippen LogP contribution < -0.4 is 5.73 Å². The topological polar surface area (TPSA) is 56.0 Å². The summed E-state index contributed by atoms with van der Waals surface area (Å²) < 4.78 is 61.4. The molecular formula is C8H5F5N2O. The fourth-order valence-corrected chi connectivity index (χ4v) is 1.11. The van der Waals surface area contributed by atoms with Crippen molar-refractivity contribution in [3.63, 3.8) is 0 Å². The lowest BCUT2D eigenvalue weighted by atomic mass is 10.1. The van der Waals surface area contributed by atoms with Gasteiger partial charge in [0.05, 0.1) is 0 Å². The number of aldehydes is 1. The van der Waals surface area contributed by atoms with Crippen molar-refractivity contribution in [1.29, 1.82) is 0 Å². The van der Waals surface area contributed by atoms with Crippen molar-refractivity contribution < 1.29 is 26.7 Å². The quantitative estimate of drug-likeness (QED) is 0.638. The van der Waals surface area contributed by atoms with Crippen LogP contribution in [0.4, 0.5) is 27.6 Å². The fraction of sp³-hybridized carbons (Fsp3) is 0.250. The maximum Gasteiger partial charge on any atom is 0.420 e. The molecule has 0 radical (unpaired) electrons. The predicted molar refractivity (Wildman–Crippen MR) is 44.0 cm³/mol. The molecule has 0 aromatic carbocycles. The maximum absolute atomic E-state index is 12.4. The number of pyridine rings is 1. The van der Waals surface area contributed by atoms with Gasteiger partial charge in [0.15, 0.2) is 6.29 Å². The highest BCUT2D eigenvalue weighted by atomic mass is 19.4. The van der Waals surface area contributed by atoms with Gasteiger partial charge in [0.1, 0.15) is 17.0 Å². The van der Waals surface area contributed by atoms with Crippen LogP contribution in [0.5, 0.6) is 0 Å². The van der Waals surface area contributed by atoms with Crippen LogP contribution in [0.15, 0.2) is 6.07 Å². The third kappa shape index (κ3) is 2.26. The molecule has 2 N–H and O–H groups in total. The van der Waals surface area contributed by atoms with E-state index in [1.807, 2.05) is 0 Å². The van der Waals surface area contributed by atoms with Crippen LogP contribution in [0.2, 0.25) is 0 Å². The normalized spacial score (nSPS) is 11.9. The number of carbonyl (C=O) groups is 1. The zero-order chi connectivity index (χ0) is 12.5. The molecule has 0 amide bonds. The van der Waals surface area contributed by atoms with Crippen molar-refractivity contribution in [3.05, 3.63) is 23.0 Å². The average Bonchev–Trinajstić information content (AvgIpc) is 2.14. The molecule has 1 aromatic rings. The Morgan fingerprint density at radius 3 is 2.31 bits per heavy atom. The van der Waals surface area contributed by atoms with E-state index < -0.39 is 35.2 Å². The molecular weight excluding hydrogens is 235 g/mol. The zero-order valence-corrected chi connectivity index (χ0v) is 7.55. The van der Waals surface area contributed by atoms with E-state index in [9.17, 15) is 26.7 Å². The first-order valence-electron chi connectivity index (χ1n) is 3.88. The van der Waals surface area contributed by atoms with Gasteiger partial charge in [-0.15, -0.1) is 0 Å². The van der Waals surface area contributed by atoms with Crippen molar-refractivity contribution in [1.82, 2.24) is 4.98 Å². The fourth-order valence-electron chi connectivity index (χ4n) is 1.11. The second-order valence-electron chi connectivity index (χ2n) is 2.81. The third-order valence-electron chi connectivity index (χ3n) is 1.72. The first-order valence-corrected chi connectivity index (χ1v) is 3.88. The van der Waals surface area contributed by atoms with Gasteiger partial charge in [-0.3, -0.25) is 4.79 Å². The summed E-state index contributed by atoms with van der Waals surface area (Å²) in [6.45, 7) is 0. The number of carbonyl (C=O) groups excluding carboxylic acids is 1. The number of nitrogens with zero attached hydrogens (tertiary/aromatic N) is 1. The van der Waals surface area contributed by atoms with Gasteiger partial charge >= 0.3 is 6.18 Å². The largest absolute Gasteiger partial charge is 0.420 e. The number of anilines is 1. The molecule has 0 fully saturated rings. The van der Waals surface area contributed by atoms with Crippen LogP contribution in [0.1, 0.15) is 28.2 Å². The minimum absolute atomic E-state index is 0.259. The lowest BCUT2D eigenvalue weighted by molar-refractivity contribution is -0.137. The summed E-state index contributed by atoms with van der Waals surface area (Å²) in [7, 11) is 0. The number of alkyl halides is 5. The van der Waals surface area contributed by atoms with Crippen molar-refractivity contribution in [3.8, 4) is 0 Å². The van der Waals surface area contributed by atoms with E-state index in [0.29, 0.717) is 6.07 Å². The lowest BCUT2D eigenvalue weighted by Crippen LogP contribution is -2.15. The van der Waals surface area contributed by atoms with Crippen LogP contribution in [0.25, 0.3) is 0 Å². The Morgan fingerprint density at radius 1 is 1.38 bits per heavy atom. The molecule has 16 heavy (non-hydrogen) atoms. The third-order valence-corrected chi connectivity index (χ3v) is 1.72. The van der Waals surface area contributed by atoms with E-state index in [4.69, 9.17) is 5.73 Å². The van der Waals surface area contributed by atoms with Crippen LogP contribution in [0.3, 0.4) is 0 Å². The number of nitrogen functional groups attached to an aromatic ring is 1. The molecule has 3 nitrogen and oxygen atoms in total. The van der Waals surface area contributed by atoms with E-state index in [1.165, 1.54) is 0 Å². The molecule has 0 unspecified atom stereocenters. The van der Waals surface area contributed by atoms with Gasteiger partial charge in [0.2, 0.25) is 0 Å². The van der Waals surface area contributed by atoms with E-state index in [0.717, 1.165) is 0 Å². The lowest BCUT2D eigenvalue weighted by Gasteiger charge is -2.12. The van der Waals surface area contributed by atoms with Crippen LogP contribution in [-0.2, 0) is 6.18 Å². The molecule has 1 rings (SSSR count). The summed E-state index contributed by atoms with van der Waals surface area (Å²) >= 11 is 0. The molecule has 0 saturated carbocycles. The smallest absolute Gasteiger partial charge is 0.398 e. The number of hydrogen-bond acceptors (Lipinski definition) is 3. The highest BCUT2D eigenvalue weighted by molar-refractivity contribution is 5.78. The molecule has 0 spiro atoms. The number of nitrogens with two attached hydrogens (primary N) is 1. The molecule has 0 aliphatic heterocycles. The highest BCUT2D eigenvalue weighted by Gasteiger charge is 2.37. The molecule has 0 bridgehead atoms. The van der Waals surface area contributed by atoms with Gasteiger partial charge in [-0.1, -0.05) is 0 Å². The Labute approximate surface area is 86.1 Å². The molecule has 0 atom stereocenters. The Morgan fingerprint density at radius 2 is 1.94 bits per heavy atom. The zero-order valence-electron chi connectivity index (χ0n) is 7.55. The van der Waals surface area contributed by atoms with E-state index >= 15 is 0 Å². The summed E-state index contributed by atoms with van der Waals surface area (Å²) in [6, 6.07) is 0.403. The van der Waals surface area contributed by atoms with E-state index in [-0.39, 0.29) is 6.29 Å². The average molecular weight is 240 g/mol. The first-order chi connectivity index (χ1) is 7.27. The van der Waals surface area contributed by atoms with Crippen molar-refractivity contribution in [2.45, 2.75) is 12.6 Å². The molecule has 0 saturated heterocycles. The predicted octanol–water partition coefficient (Wildman–Crippen LogP) is 2.43. The Balaban J connectivity index is 3.47. The molecule has 0 aliphatic carbocycles. The van der Waals surface area contributed by atoms with E-state index in [1.54, 1.807) is 0 Å². The van der Waals surface area contributed by atoms with Gasteiger partial charge in [0.25, 0.3) is 6.43 Å². The number of aromatic nitrogens is 1. The van der Waals surface area contributed by atoms with Gasteiger partial charge in [0, 0.05) is 5.69 Å². The summed E-state index contributed by atoms with van der Waals surface area (Å²) in [4.78, 5) is 13.2. The molecule has 1 aromatic heterocycles. The Kier molecular flexibility index (Phi) is 3.11. The Bertz CT molecular complexity index is 416. The van der Waals surface area contributed by atoms with Gasteiger partial charge in [-0.25, -0.2) is 13.8 Å². The minimum Gasteiger partial charge on any atom is -0.398 e. The van der Waals surface area contributed by atoms with Gasteiger partial charge < -0.3 is 5.73 Å². The van der Waals surface area contributed by atoms with Crippen LogP contribution in [0, 0.1) is 0 Å². The summed E-state index contributed by atoms with van der Waals surface area (Å²) in [5.41, 5.74) is 0.430. The molecule has 1 heterocycles. The second kappa shape index (κ2) is 4.03. The summed E-state index contributed by atoms with van der Waals surface area (Å²) in [6.07, 6.45) is -8.26. The van der Waals surface area contributed by atoms with Crippen molar-refractivity contribution >= 4 is 12.0 Å². The SMILES string of the molecule is Nc1cc(C(F)F)nc(C=O)c1C(F)(F)F. The number of rotatable bonds is 2. The minimum atomic E-state index is -4.91. The summed E-state index contributed by atoms with van der Waals surface area (Å²) in [5, 5.41) is 0. The molecule has 0 aliphatic rings. The second-order valence-corrected chi connectivity index (χ2v) is 2.81. The van der Waals surface area contributed by atoms with Gasteiger partial charge in [-0.2, -0.15) is 13.2 Å². The number of halogens is 5. The Hall–Kier alpha value is -1.73. The molecule has 8 heteroatoms. The van der Waals surface area contributed by atoms with Crippen LogP contribution >= 0.6 is 0 Å². The highest BCUT2D eigenvalue weighted by Crippen LogP contribution is 2.36. The first kappa shape index (κ1) is 12.3. The van der Waals surface area contributed by atoms with Crippen molar-refractivity contribution in [2.24, 2.45) is 0 Å². The maximum atomic E-state index is 12.4. The number of hydrogen-bond donors (Lipinski definition) is 1. The van der Waals surface area contributed by atoms with Gasteiger partial charge in [-0.05, 0) is 6.07 Å². The molecule has 88 valence electrons. The summed E-state index contributed by atoms with van der Waals surface area (Å²) in [5.74, 6) is 0. The van der Waals surface area contributed by atoms with Crippen molar-refractivity contribution in [2.75, 3.05) is 5.73 Å². The monoisotopic (exact) mass is 240 g/mol. The standard InChI is InChI=1S/C8H5F5N2O/c9-7(10)4-1-3(14)6(8(11,12)13)5(2-16)15-4/h1-2,7H,(H2,14,15). The van der Waals surface area contributed by atoms with E-state index in [2.05, 4.69) is 4.98 Å². The van der Waals surface area contributed by atoms with Crippen LogP contribution in [-0.4, -0.2) is 11.3 Å².